The molecule has 0 spiro atoms. The van der Waals surface area contributed by atoms with E-state index in [2.05, 4.69) is 5.32 Å². The zero-order chi connectivity index (χ0) is 14.1. The first kappa shape index (κ1) is 12.4. The molecule has 2 aromatic rings. The van der Waals surface area contributed by atoms with Crippen LogP contribution in [0.5, 0.6) is 0 Å². The summed E-state index contributed by atoms with van der Waals surface area (Å²) in [6, 6.07) is 16.7. The van der Waals surface area contributed by atoms with E-state index in [9.17, 15) is 9.59 Å². The van der Waals surface area contributed by atoms with E-state index >= 15 is 0 Å². The minimum atomic E-state index is -0.445. The van der Waals surface area contributed by atoms with Gasteiger partial charge in [-0.05, 0) is 11.1 Å². The highest BCUT2D eigenvalue weighted by Gasteiger charge is 2.35. The van der Waals surface area contributed by atoms with Gasteiger partial charge < -0.3 is 5.32 Å². The Bertz CT molecular complexity index is 730. The molecule has 0 saturated carbocycles. The molecular weight excluding hydrogens is 250 g/mol. The molecule has 0 amide bonds. The average Bonchev–Trinajstić information content (AvgIpc) is 2.75. The lowest BCUT2D eigenvalue weighted by Gasteiger charge is -2.11. The zero-order valence-corrected chi connectivity index (χ0v) is 11.0. The molecule has 3 rings (SSSR count). The van der Waals surface area contributed by atoms with Crippen molar-refractivity contribution in [2.75, 3.05) is 7.05 Å². The SMILES string of the molecule is CN/C(=C1\C(=O)C(=O)c2ccccc21)c1ccccc1. The van der Waals surface area contributed by atoms with Crippen LogP contribution in [0.25, 0.3) is 11.3 Å². The third kappa shape index (κ3) is 1.75. The number of ketones is 2. The Morgan fingerprint density at radius 3 is 2.05 bits per heavy atom. The molecule has 1 aliphatic rings. The maximum absolute atomic E-state index is 12.3. The highest BCUT2D eigenvalue weighted by Crippen LogP contribution is 2.34. The van der Waals surface area contributed by atoms with Gasteiger partial charge in [-0.2, -0.15) is 0 Å². The van der Waals surface area contributed by atoms with Crippen molar-refractivity contribution in [3.05, 3.63) is 71.3 Å². The van der Waals surface area contributed by atoms with Crippen LogP contribution in [0.1, 0.15) is 21.5 Å². The van der Waals surface area contributed by atoms with Gasteiger partial charge >= 0.3 is 0 Å². The van der Waals surface area contributed by atoms with Gasteiger partial charge in [-0.3, -0.25) is 9.59 Å². The standard InChI is InChI=1S/C17H13NO2/c1-18-15(11-7-3-2-4-8-11)14-12-9-5-6-10-13(12)16(19)17(14)20/h2-10,18H,1H3/b15-14-. The van der Waals surface area contributed by atoms with Gasteiger partial charge in [0.05, 0.1) is 11.3 Å². The van der Waals surface area contributed by atoms with Gasteiger partial charge in [-0.25, -0.2) is 0 Å². The molecule has 0 unspecified atom stereocenters. The fourth-order valence-electron chi connectivity index (χ4n) is 2.52. The molecular formula is C17H13NO2. The molecule has 0 aliphatic heterocycles. The number of rotatable bonds is 2. The highest BCUT2D eigenvalue weighted by atomic mass is 16.2. The maximum Gasteiger partial charge on any atom is 0.236 e. The number of benzene rings is 2. The molecule has 1 N–H and O–H groups in total. The molecule has 0 heterocycles. The van der Waals surface area contributed by atoms with Crippen molar-refractivity contribution < 1.29 is 9.59 Å². The summed E-state index contributed by atoms with van der Waals surface area (Å²) < 4.78 is 0. The summed E-state index contributed by atoms with van der Waals surface area (Å²) in [5.74, 6) is -0.876. The predicted octanol–water partition coefficient (Wildman–Crippen LogP) is 2.54. The first-order valence-corrected chi connectivity index (χ1v) is 6.40. The molecule has 0 saturated heterocycles. The molecule has 3 nitrogen and oxygen atoms in total. The Morgan fingerprint density at radius 2 is 1.40 bits per heavy atom. The Balaban J connectivity index is 2.29. The number of carbonyl (C=O) groups excluding carboxylic acids is 2. The number of Topliss-reactive ketones (excluding diaryl/α,β-unsaturated/α-hetero) is 2. The van der Waals surface area contributed by atoms with E-state index in [1.165, 1.54) is 0 Å². The van der Waals surface area contributed by atoms with Crippen LogP contribution >= 0.6 is 0 Å². The lowest BCUT2D eigenvalue weighted by Crippen LogP contribution is -2.13. The van der Waals surface area contributed by atoms with E-state index in [-0.39, 0.29) is 0 Å². The smallest absolute Gasteiger partial charge is 0.236 e. The molecule has 1 aliphatic carbocycles. The minimum Gasteiger partial charge on any atom is -0.387 e. The third-order valence-corrected chi connectivity index (χ3v) is 3.44. The van der Waals surface area contributed by atoms with Crippen LogP contribution < -0.4 is 5.32 Å². The first-order chi connectivity index (χ1) is 9.74. The summed E-state index contributed by atoms with van der Waals surface area (Å²) >= 11 is 0. The number of allylic oxidation sites excluding steroid dienone is 1. The van der Waals surface area contributed by atoms with Crippen molar-refractivity contribution in [1.82, 2.24) is 5.32 Å². The highest BCUT2D eigenvalue weighted by molar-refractivity contribution is 6.64. The number of fused-ring (bicyclic) bond motifs is 1. The van der Waals surface area contributed by atoms with E-state index in [0.717, 1.165) is 5.56 Å². The molecule has 20 heavy (non-hydrogen) atoms. The van der Waals surface area contributed by atoms with Crippen LogP contribution in [-0.2, 0) is 4.79 Å². The van der Waals surface area contributed by atoms with Gasteiger partial charge in [0.15, 0.2) is 0 Å². The van der Waals surface area contributed by atoms with E-state index in [1.807, 2.05) is 42.5 Å². The van der Waals surface area contributed by atoms with Crippen LogP contribution in [0, 0.1) is 0 Å². The average molecular weight is 263 g/mol. The Hall–Kier alpha value is -2.68. The van der Waals surface area contributed by atoms with Crippen LogP contribution in [0.4, 0.5) is 0 Å². The molecule has 0 atom stereocenters. The van der Waals surface area contributed by atoms with Gasteiger partial charge in [0.25, 0.3) is 0 Å². The second-order valence-electron chi connectivity index (χ2n) is 4.57. The summed E-state index contributed by atoms with van der Waals surface area (Å²) in [4.78, 5) is 24.3. The number of carbonyl (C=O) groups is 2. The van der Waals surface area contributed by atoms with Crippen LogP contribution in [0.3, 0.4) is 0 Å². The van der Waals surface area contributed by atoms with Gasteiger partial charge in [0, 0.05) is 12.6 Å². The lowest BCUT2D eigenvalue weighted by atomic mass is 10.0. The topological polar surface area (TPSA) is 46.2 Å². The summed E-state index contributed by atoms with van der Waals surface area (Å²) in [6.45, 7) is 0. The zero-order valence-electron chi connectivity index (χ0n) is 11.0. The number of hydrogen-bond acceptors (Lipinski definition) is 3. The van der Waals surface area contributed by atoms with Gasteiger partial charge in [0.1, 0.15) is 0 Å². The summed E-state index contributed by atoms with van der Waals surface area (Å²) in [5.41, 5.74) is 3.22. The van der Waals surface area contributed by atoms with Crippen molar-refractivity contribution in [2.24, 2.45) is 0 Å². The van der Waals surface area contributed by atoms with Crippen molar-refractivity contribution in [3.63, 3.8) is 0 Å². The predicted molar refractivity (Wildman–Crippen MR) is 78.1 cm³/mol. The first-order valence-electron chi connectivity index (χ1n) is 6.40. The normalized spacial score (nSPS) is 16.1. The van der Waals surface area contributed by atoms with Crippen molar-refractivity contribution in [1.29, 1.82) is 0 Å². The Kier molecular flexibility index (Phi) is 2.95. The van der Waals surface area contributed by atoms with Crippen LogP contribution in [0.15, 0.2) is 54.6 Å². The second kappa shape index (κ2) is 4.78. The Morgan fingerprint density at radius 1 is 0.800 bits per heavy atom. The minimum absolute atomic E-state index is 0.431. The van der Waals surface area contributed by atoms with Gasteiger partial charge in [0.2, 0.25) is 11.6 Å². The monoisotopic (exact) mass is 263 g/mol. The maximum atomic E-state index is 12.3. The molecule has 0 radical (unpaired) electrons. The summed E-state index contributed by atoms with van der Waals surface area (Å²) in [7, 11) is 1.76. The molecule has 0 fully saturated rings. The summed E-state index contributed by atoms with van der Waals surface area (Å²) in [5, 5.41) is 3.06. The van der Waals surface area contributed by atoms with Crippen molar-refractivity contribution >= 4 is 22.8 Å². The van der Waals surface area contributed by atoms with E-state index < -0.39 is 11.6 Å². The molecule has 98 valence electrons. The van der Waals surface area contributed by atoms with Crippen LogP contribution in [0.2, 0.25) is 0 Å². The van der Waals surface area contributed by atoms with E-state index in [4.69, 9.17) is 0 Å². The number of nitrogens with one attached hydrogen (secondary N) is 1. The Labute approximate surface area is 116 Å². The second-order valence-corrected chi connectivity index (χ2v) is 4.57. The largest absolute Gasteiger partial charge is 0.387 e. The fourth-order valence-corrected chi connectivity index (χ4v) is 2.52. The van der Waals surface area contributed by atoms with E-state index in [0.29, 0.717) is 22.4 Å². The lowest BCUT2D eigenvalue weighted by molar-refractivity contribution is -0.109. The molecule has 0 aromatic heterocycles. The fraction of sp³-hybridized carbons (Fsp3) is 0.0588. The van der Waals surface area contributed by atoms with Crippen molar-refractivity contribution in [3.8, 4) is 0 Å². The quantitative estimate of drug-likeness (QED) is 0.669. The van der Waals surface area contributed by atoms with Gasteiger partial charge in [-0.15, -0.1) is 0 Å². The van der Waals surface area contributed by atoms with Crippen LogP contribution in [-0.4, -0.2) is 18.6 Å². The third-order valence-electron chi connectivity index (χ3n) is 3.44. The molecule has 3 heteroatoms. The van der Waals surface area contributed by atoms with Gasteiger partial charge in [-0.1, -0.05) is 54.6 Å². The number of hydrogen-bond donors (Lipinski definition) is 1. The molecule has 2 aromatic carbocycles. The molecule has 0 bridgehead atoms. The van der Waals surface area contributed by atoms with E-state index in [1.54, 1.807) is 19.2 Å². The summed E-state index contributed by atoms with van der Waals surface area (Å²) in [6.07, 6.45) is 0. The van der Waals surface area contributed by atoms with Crippen molar-refractivity contribution in [2.45, 2.75) is 0 Å².